The largest absolute Gasteiger partial charge is 0.488 e. The minimum atomic E-state index is 0.720. The van der Waals surface area contributed by atoms with Gasteiger partial charge in [0.1, 0.15) is 12.4 Å². The topological polar surface area (TPSA) is 9.23 Å². The third kappa shape index (κ3) is 1.34. The maximum atomic E-state index is 5.54. The predicted molar refractivity (Wildman–Crippen MR) is 53.4 cm³/mol. The molecule has 1 aromatic carbocycles. The first kappa shape index (κ1) is 7.74. The number of para-hydroxylation sites is 1. The molecule has 0 spiro atoms. The number of rotatable bonds is 1. The molecule has 0 aliphatic carbocycles. The zero-order valence-electron chi connectivity index (χ0n) is 6.91. The fourth-order valence-electron chi connectivity index (χ4n) is 1.21. The van der Waals surface area contributed by atoms with Crippen LogP contribution in [0.1, 0.15) is 5.56 Å². The summed E-state index contributed by atoms with van der Waals surface area (Å²) < 4.78 is 5.54. The molecule has 1 heterocycles. The summed E-state index contributed by atoms with van der Waals surface area (Å²) in [5, 5.41) is 0. The molecule has 0 saturated carbocycles. The van der Waals surface area contributed by atoms with Gasteiger partial charge in [0, 0.05) is 10.5 Å². The van der Waals surface area contributed by atoms with E-state index in [-0.39, 0.29) is 0 Å². The SMILES string of the molecule is CSC1=Cc2ccccc2OC1. The van der Waals surface area contributed by atoms with Crippen LogP contribution in [0.15, 0.2) is 29.2 Å². The van der Waals surface area contributed by atoms with Gasteiger partial charge in [-0.05, 0) is 18.4 Å². The summed E-state index contributed by atoms with van der Waals surface area (Å²) in [7, 11) is 0. The summed E-state index contributed by atoms with van der Waals surface area (Å²) in [5.74, 6) is 0.996. The molecule has 0 N–H and O–H groups in total. The van der Waals surface area contributed by atoms with Crippen molar-refractivity contribution in [3.63, 3.8) is 0 Å². The van der Waals surface area contributed by atoms with Crippen molar-refractivity contribution in [2.75, 3.05) is 12.9 Å². The Morgan fingerprint density at radius 3 is 3.00 bits per heavy atom. The zero-order valence-corrected chi connectivity index (χ0v) is 7.73. The van der Waals surface area contributed by atoms with E-state index in [4.69, 9.17) is 4.74 Å². The molecular formula is C10H10OS. The van der Waals surface area contributed by atoms with Gasteiger partial charge in [0.25, 0.3) is 0 Å². The van der Waals surface area contributed by atoms with E-state index in [1.807, 2.05) is 18.2 Å². The average molecular weight is 178 g/mol. The van der Waals surface area contributed by atoms with Gasteiger partial charge < -0.3 is 4.74 Å². The Balaban J connectivity index is 2.41. The van der Waals surface area contributed by atoms with Crippen LogP contribution in [-0.2, 0) is 0 Å². The standard InChI is InChI=1S/C10H10OS/c1-12-9-6-8-4-2-3-5-10(8)11-7-9/h2-6H,7H2,1H3. The van der Waals surface area contributed by atoms with Crippen LogP contribution in [0.2, 0.25) is 0 Å². The molecule has 0 radical (unpaired) electrons. The van der Waals surface area contributed by atoms with Crippen LogP contribution in [-0.4, -0.2) is 12.9 Å². The Bertz CT molecular complexity index is 317. The molecule has 0 aromatic heterocycles. The van der Waals surface area contributed by atoms with Gasteiger partial charge >= 0.3 is 0 Å². The zero-order chi connectivity index (χ0) is 8.39. The summed E-state index contributed by atoms with van der Waals surface area (Å²) in [6.07, 6.45) is 4.26. The second-order valence-corrected chi connectivity index (χ2v) is 3.57. The van der Waals surface area contributed by atoms with Crippen molar-refractivity contribution < 1.29 is 4.74 Å². The number of ether oxygens (including phenoxy) is 1. The second kappa shape index (κ2) is 3.23. The van der Waals surface area contributed by atoms with Crippen LogP contribution < -0.4 is 4.74 Å². The maximum absolute atomic E-state index is 5.54. The normalized spacial score (nSPS) is 14.6. The van der Waals surface area contributed by atoms with Crippen molar-refractivity contribution in [3.05, 3.63) is 34.7 Å². The predicted octanol–water partition coefficient (Wildman–Crippen LogP) is 2.78. The Labute approximate surface area is 76.4 Å². The van der Waals surface area contributed by atoms with Crippen LogP contribution in [0.3, 0.4) is 0 Å². The summed E-state index contributed by atoms with van der Waals surface area (Å²) >= 11 is 1.75. The highest BCUT2D eigenvalue weighted by Crippen LogP contribution is 2.29. The Kier molecular flexibility index (Phi) is 2.09. The van der Waals surface area contributed by atoms with Crippen molar-refractivity contribution in [2.45, 2.75) is 0 Å². The van der Waals surface area contributed by atoms with Crippen LogP contribution in [0.4, 0.5) is 0 Å². The minimum Gasteiger partial charge on any atom is -0.488 e. The fourth-order valence-corrected chi connectivity index (χ4v) is 1.63. The molecule has 2 heteroatoms. The number of thioether (sulfide) groups is 1. The summed E-state index contributed by atoms with van der Waals surface area (Å²) in [5.41, 5.74) is 1.19. The molecule has 1 aliphatic heterocycles. The quantitative estimate of drug-likeness (QED) is 0.654. The molecule has 0 amide bonds. The van der Waals surface area contributed by atoms with Gasteiger partial charge in [0.05, 0.1) is 0 Å². The van der Waals surface area contributed by atoms with Gasteiger partial charge in [-0.15, -0.1) is 11.8 Å². The Morgan fingerprint density at radius 1 is 1.33 bits per heavy atom. The highest BCUT2D eigenvalue weighted by atomic mass is 32.2. The third-order valence-corrected chi connectivity index (χ3v) is 2.63. The highest BCUT2D eigenvalue weighted by molar-refractivity contribution is 8.02. The number of hydrogen-bond donors (Lipinski definition) is 0. The molecule has 1 aliphatic rings. The van der Waals surface area contributed by atoms with Crippen molar-refractivity contribution in [3.8, 4) is 5.75 Å². The number of benzene rings is 1. The molecule has 0 fully saturated rings. The first-order chi connectivity index (χ1) is 5.90. The van der Waals surface area contributed by atoms with Crippen LogP contribution in [0.5, 0.6) is 5.75 Å². The molecule has 12 heavy (non-hydrogen) atoms. The Hall–Kier alpha value is -0.890. The van der Waals surface area contributed by atoms with Gasteiger partial charge in [-0.3, -0.25) is 0 Å². The minimum absolute atomic E-state index is 0.720. The van der Waals surface area contributed by atoms with E-state index in [1.165, 1.54) is 10.5 Å². The van der Waals surface area contributed by atoms with E-state index in [2.05, 4.69) is 18.4 Å². The Morgan fingerprint density at radius 2 is 2.17 bits per heavy atom. The van der Waals surface area contributed by atoms with Crippen LogP contribution in [0.25, 0.3) is 6.08 Å². The summed E-state index contributed by atoms with van der Waals surface area (Å²) in [4.78, 5) is 1.29. The van der Waals surface area contributed by atoms with E-state index in [9.17, 15) is 0 Å². The van der Waals surface area contributed by atoms with Crippen LogP contribution in [0, 0.1) is 0 Å². The van der Waals surface area contributed by atoms with E-state index in [0.717, 1.165) is 12.4 Å². The lowest BCUT2D eigenvalue weighted by Crippen LogP contribution is -2.04. The lowest BCUT2D eigenvalue weighted by atomic mass is 10.1. The molecule has 0 saturated heterocycles. The molecule has 0 bridgehead atoms. The van der Waals surface area contributed by atoms with E-state index in [0.29, 0.717) is 0 Å². The van der Waals surface area contributed by atoms with Gasteiger partial charge in [0.2, 0.25) is 0 Å². The van der Waals surface area contributed by atoms with Crippen molar-refractivity contribution >= 4 is 17.8 Å². The van der Waals surface area contributed by atoms with Crippen molar-refractivity contribution in [1.29, 1.82) is 0 Å². The molecule has 1 aromatic rings. The molecular weight excluding hydrogens is 168 g/mol. The van der Waals surface area contributed by atoms with Crippen LogP contribution >= 0.6 is 11.8 Å². The average Bonchev–Trinajstić information content (AvgIpc) is 2.17. The number of fused-ring (bicyclic) bond motifs is 1. The summed E-state index contributed by atoms with van der Waals surface area (Å²) in [6, 6.07) is 8.10. The monoisotopic (exact) mass is 178 g/mol. The lowest BCUT2D eigenvalue weighted by Gasteiger charge is -2.15. The van der Waals surface area contributed by atoms with E-state index in [1.54, 1.807) is 11.8 Å². The van der Waals surface area contributed by atoms with E-state index >= 15 is 0 Å². The maximum Gasteiger partial charge on any atom is 0.127 e. The highest BCUT2D eigenvalue weighted by Gasteiger charge is 2.08. The first-order valence-electron chi connectivity index (χ1n) is 3.86. The molecule has 0 atom stereocenters. The van der Waals surface area contributed by atoms with Gasteiger partial charge in [-0.25, -0.2) is 0 Å². The third-order valence-electron chi connectivity index (χ3n) is 1.87. The van der Waals surface area contributed by atoms with E-state index < -0.39 is 0 Å². The summed E-state index contributed by atoms with van der Waals surface area (Å²) in [6.45, 7) is 0.720. The molecule has 2 rings (SSSR count). The van der Waals surface area contributed by atoms with Gasteiger partial charge in [-0.2, -0.15) is 0 Å². The first-order valence-corrected chi connectivity index (χ1v) is 5.09. The molecule has 0 unspecified atom stereocenters. The fraction of sp³-hybridized carbons (Fsp3) is 0.200. The van der Waals surface area contributed by atoms with Crippen molar-refractivity contribution in [1.82, 2.24) is 0 Å². The van der Waals surface area contributed by atoms with Gasteiger partial charge in [-0.1, -0.05) is 18.2 Å². The van der Waals surface area contributed by atoms with Gasteiger partial charge in [0.15, 0.2) is 0 Å². The smallest absolute Gasteiger partial charge is 0.127 e. The second-order valence-electron chi connectivity index (χ2n) is 2.64. The van der Waals surface area contributed by atoms with Crippen molar-refractivity contribution in [2.24, 2.45) is 0 Å². The number of hydrogen-bond acceptors (Lipinski definition) is 2. The molecule has 62 valence electrons. The lowest BCUT2D eigenvalue weighted by molar-refractivity contribution is 0.355. The molecule has 1 nitrogen and oxygen atoms in total.